The van der Waals surface area contributed by atoms with Crippen molar-refractivity contribution in [1.29, 1.82) is 0 Å². The zero-order valence-electron chi connectivity index (χ0n) is 12.0. The minimum absolute atomic E-state index is 0.142. The van der Waals surface area contributed by atoms with E-state index in [2.05, 4.69) is 5.32 Å². The fourth-order valence-electron chi connectivity index (χ4n) is 1.87. The molecule has 0 radical (unpaired) electrons. The first-order valence-corrected chi connectivity index (χ1v) is 7.26. The molecule has 0 spiro atoms. The van der Waals surface area contributed by atoms with E-state index in [4.69, 9.17) is 27.9 Å². The third kappa shape index (κ3) is 4.34. The summed E-state index contributed by atoms with van der Waals surface area (Å²) in [6.07, 6.45) is 0. The fourth-order valence-corrected chi connectivity index (χ4v) is 2.21. The highest BCUT2D eigenvalue weighted by Gasteiger charge is 2.18. The van der Waals surface area contributed by atoms with E-state index >= 15 is 0 Å². The number of carbonyl (C=O) groups excluding carboxylic acids is 1. The van der Waals surface area contributed by atoms with Gasteiger partial charge in [-0.2, -0.15) is 0 Å². The molecule has 0 saturated carbocycles. The predicted molar refractivity (Wildman–Crippen MR) is 88.4 cm³/mol. The van der Waals surface area contributed by atoms with E-state index < -0.39 is 10.8 Å². The highest BCUT2D eigenvalue weighted by Crippen LogP contribution is 2.29. The van der Waals surface area contributed by atoms with Crippen LogP contribution in [0.2, 0.25) is 10.0 Å². The van der Waals surface area contributed by atoms with Gasteiger partial charge < -0.3 is 10.1 Å². The third-order valence-electron chi connectivity index (χ3n) is 2.96. The number of para-hydroxylation sites is 1. The number of carbonyl (C=O) groups is 1. The van der Waals surface area contributed by atoms with Gasteiger partial charge in [-0.05, 0) is 24.6 Å². The SMILES string of the molecule is Cc1cccc([N+](=O)[O-])c1NC(=O)COc1cc(Cl)ccc1Cl. The summed E-state index contributed by atoms with van der Waals surface area (Å²) < 4.78 is 5.29. The topological polar surface area (TPSA) is 81.5 Å². The summed E-state index contributed by atoms with van der Waals surface area (Å²) in [6, 6.07) is 9.14. The number of anilines is 1. The standard InChI is InChI=1S/C15H12Cl2N2O4/c1-9-3-2-4-12(19(21)22)15(9)18-14(20)8-23-13-7-10(16)5-6-11(13)17/h2-7H,8H2,1H3,(H,18,20). The first-order chi connectivity index (χ1) is 10.9. The van der Waals surface area contributed by atoms with Gasteiger partial charge in [0.15, 0.2) is 6.61 Å². The van der Waals surface area contributed by atoms with Crippen LogP contribution in [0.5, 0.6) is 5.75 Å². The molecule has 0 bridgehead atoms. The smallest absolute Gasteiger partial charge is 0.293 e. The van der Waals surface area contributed by atoms with E-state index in [1.165, 1.54) is 12.1 Å². The Morgan fingerprint density at radius 2 is 2.04 bits per heavy atom. The first kappa shape index (κ1) is 17.1. The monoisotopic (exact) mass is 354 g/mol. The van der Waals surface area contributed by atoms with Crippen molar-refractivity contribution in [2.45, 2.75) is 6.92 Å². The van der Waals surface area contributed by atoms with Gasteiger partial charge in [0.25, 0.3) is 11.6 Å². The van der Waals surface area contributed by atoms with E-state index in [0.29, 0.717) is 15.6 Å². The maximum absolute atomic E-state index is 12.0. The summed E-state index contributed by atoms with van der Waals surface area (Å²) in [5.74, 6) is -0.285. The lowest BCUT2D eigenvalue weighted by Crippen LogP contribution is -2.21. The lowest BCUT2D eigenvalue weighted by atomic mass is 10.1. The molecule has 23 heavy (non-hydrogen) atoms. The molecule has 0 fully saturated rings. The number of amides is 1. The second-order valence-electron chi connectivity index (χ2n) is 4.64. The number of nitro groups is 1. The number of halogens is 2. The summed E-state index contributed by atoms with van der Waals surface area (Å²) in [6.45, 7) is 1.31. The molecule has 6 nitrogen and oxygen atoms in total. The number of nitrogens with one attached hydrogen (secondary N) is 1. The maximum atomic E-state index is 12.0. The molecule has 0 atom stereocenters. The van der Waals surface area contributed by atoms with Gasteiger partial charge in [-0.15, -0.1) is 0 Å². The van der Waals surface area contributed by atoms with Crippen molar-refractivity contribution in [2.24, 2.45) is 0 Å². The zero-order valence-corrected chi connectivity index (χ0v) is 13.5. The summed E-state index contributed by atoms with van der Waals surface area (Å²) in [4.78, 5) is 22.4. The van der Waals surface area contributed by atoms with Crippen LogP contribution in [-0.2, 0) is 4.79 Å². The minimum Gasteiger partial charge on any atom is -0.482 e. The molecular formula is C15H12Cl2N2O4. The number of aryl methyl sites for hydroxylation is 1. The van der Waals surface area contributed by atoms with Crippen molar-refractivity contribution >= 4 is 40.5 Å². The van der Waals surface area contributed by atoms with Gasteiger partial charge in [0.1, 0.15) is 11.4 Å². The number of rotatable bonds is 5. The Balaban J connectivity index is 2.09. The first-order valence-electron chi connectivity index (χ1n) is 6.50. The van der Waals surface area contributed by atoms with Crippen molar-refractivity contribution in [3.63, 3.8) is 0 Å². The van der Waals surface area contributed by atoms with Gasteiger partial charge in [0, 0.05) is 17.2 Å². The fraction of sp³-hybridized carbons (Fsp3) is 0.133. The molecule has 0 saturated heterocycles. The molecule has 1 amide bonds. The number of hydrogen-bond acceptors (Lipinski definition) is 4. The van der Waals surface area contributed by atoms with Crippen LogP contribution < -0.4 is 10.1 Å². The molecule has 0 heterocycles. The molecule has 0 aromatic heterocycles. The average Bonchev–Trinajstić information content (AvgIpc) is 2.50. The highest BCUT2D eigenvalue weighted by molar-refractivity contribution is 6.34. The third-order valence-corrected chi connectivity index (χ3v) is 3.51. The van der Waals surface area contributed by atoms with Crippen LogP contribution in [0.15, 0.2) is 36.4 Å². The number of benzene rings is 2. The van der Waals surface area contributed by atoms with Crippen molar-refractivity contribution in [1.82, 2.24) is 0 Å². The molecule has 8 heteroatoms. The van der Waals surface area contributed by atoms with Crippen LogP contribution in [0.25, 0.3) is 0 Å². The molecule has 0 aliphatic rings. The Kier molecular flexibility index (Phi) is 5.41. The van der Waals surface area contributed by atoms with Crippen molar-refractivity contribution in [3.05, 3.63) is 62.1 Å². The normalized spacial score (nSPS) is 10.2. The van der Waals surface area contributed by atoms with Crippen LogP contribution in [0.3, 0.4) is 0 Å². The Hall–Kier alpha value is -2.31. The Bertz CT molecular complexity index is 765. The van der Waals surface area contributed by atoms with Crippen LogP contribution in [0.4, 0.5) is 11.4 Å². The van der Waals surface area contributed by atoms with Crippen LogP contribution in [-0.4, -0.2) is 17.4 Å². The number of nitrogens with zero attached hydrogens (tertiary/aromatic N) is 1. The van der Waals surface area contributed by atoms with Crippen molar-refractivity contribution in [2.75, 3.05) is 11.9 Å². The summed E-state index contributed by atoms with van der Waals surface area (Å²) in [5.41, 5.74) is 0.538. The van der Waals surface area contributed by atoms with E-state index in [1.54, 1.807) is 31.2 Å². The lowest BCUT2D eigenvalue weighted by Gasteiger charge is -2.11. The second-order valence-corrected chi connectivity index (χ2v) is 5.48. The molecule has 0 aliphatic carbocycles. The van der Waals surface area contributed by atoms with Crippen molar-refractivity contribution < 1.29 is 14.5 Å². The minimum atomic E-state index is -0.558. The molecule has 120 valence electrons. The average molecular weight is 355 g/mol. The van der Waals surface area contributed by atoms with Gasteiger partial charge in [0.05, 0.1) is 9.95 Å². The maximum Gasteiger partial charge on any atom is 0.293 e. The molecule has 2 aromatic rings. The summed E-state index contributed by atoms with van der Waals surface area (Å²) in [7, 11) is 0. The Morgan fingerprint density at radius 1 is 1.30 bits per heavy atom. The quantitative estimate of drug-likeness (QED) is 0.643. The highest BCUT2D eigenvalue weighted by atomic mass is 35.5. The second kappa shape index (κ2) is 7.30. The van der Waals surface area contributed by atoms with Crippen LogP contribution >= 0.6 is 23.2 Å². The van der Waals surface area contributed by atoms with Gasteiger partial charge in [0.2, 0.25) is 0 Å². The van der Waals surface area contributed by atoms with E-state index in [9.17, 15) is 14.9 Å². The van der Waals surface area contributed by atoms with Gasteiger partial charge in [-0.1, -0.05) is 35.3 Å². The van der Waals surface area contributed by atoms with Crippen molar-refractivity contribution in [3.8, 4) is 5.75 Å². The Morgan fingerprint density at radius 3 is 2.74 bits per heavy atom. The molecule has 2 rings (SSSR count). The largest absolute Gasteiger partial charge is 0.482 e. The van der Waals surface area contributed by atoms with Crippen LogP contribution in [0, 0.1) is 17.0 Å². The van der Waals surface area contributed by atoms with E-state index in [-0.39, 0.29) is 23.7 Å². The summed E-state index contributed by atoms with van der Waals surface area (Å²) >= 11 is 11.8. The molecule has 0 aliphatic heterocycles. The summed E-state index contributed by atoms with van der Waals surface area (Å²) in [5, 5.41) is 14.2. The van der Waals surface area contributed by atoms with Gasteiger partial charge in [-0.25, -0.2) is 0 Å². The molecule has 2 aromatic carbocycles. The predicted octanol–water partition coefficient (Wildman–Crippen LogP) is 4.23. The van der Waals surface area contributed by atoms with Gasteiger partial charge in [-0.3, -0.25) is 14.9 Å². The molecule has 0 unspecified atom stereocenters. The van der Waals surface area contributed by atoms with E-state index in [0.717, 1.165) is 0 Å². The molecule has 1 N–H and O–H groups in total. The number of nitro benzene ring substituents is 1. The van der Waals surface area contributed by atoms with Crippen LogP contribution in [0.1, 0.15) is 5.56 Å². The van der Waals surface area contributed by atoms with Gasteiger partial charge >= 0.3 is 0 Å². The van der Waals surface area contributed by atoms with E-state index in [1.807, 2.05) is 0 Å². The zero-order chi connectivity index (χ0) is 17.0. The molecular weight excluding hydrogens is 343 g/mol. The number of ether oxygens (including phenoxy) is 1. The Labute approximate surface area is 142 Å². The number of hydrogen-bond donors (Lipinski definition) is 1. The lowest BCUT2D eigenvalue weighted by molar-refractivity contribution is -0.384.